The van der Waals surface area contributed by atoms with Crippen LogP contribution in [0.1, 0.15) is 38.7 Å². The van der Waals surface area contributed by atoms with E-state index in [2.05, 4.69) is 70.9 Å². The standard InChI is InChI=1S/C27H45N5O3/c1-19(2)35-22-9-10-25-23(17-22)27(30-29-25)24(28)16-21(15-20-7-5-4-6-8-20)32-12-11-31(13-14-34-3)26(33)18-32/h4-9,19,21,23-27,29-30,33H,10-18,28H2,1-3H3/t21?,23-,24+,25+,26?,27?/m0/s1. The highest BCUT2D eigenvalue weighted by atomic mass is 16.5. The van der Waals surface area contributed by atoms with E-state index >= 15 is 0 Å². The van der Waals surface area contributed by atoms with Crippen molar-refractivity contribution in [1.82, 2.24) is 20.7 Å². The number of allylic oxidation sites excluding steroid dienone is 1. The molecular formula is C27H45N5O3. The van der Waals surface area contributed by atoms with Crippen molar-refractivity contribution >= 4 is 0 Å². The predicted octanol–water partition coefficient (Wildman–Crippen LogP) is 1.46. The van der Waals surface area contributed by atoms with Gasteiger partial charge in [-0.25, -0.2) is 0 Å². The molecule has 35 heavy (non-hydrogen) atoms. The van der Waals surface area contributed by atoms with Crippen LogP contribution in [0.15, 0.2) is 42.2 Å². The maximum atomic E-state index is 10.8. The van der Waals surface area contributed by atoms with Gasteiger partial charge in [-0.15, -0.1) is 0 Å². The molecule has 8 nitrogen and oxygen atoms in total. The third-order valence-corrected chi connectivity index (χ3v) is 7.75. The number of hydrogen-bond donors (Lipinski definition) is 4. The number of rotatable bonds is 11. The summed E-state index contributed by atoms with van der Waals surface area (Å²) >= 11 is 0. The smallest absolute Gasteiger partial charge is 0.120 e. The number of hydrazine groups is 1. The third kappa shape index (κ3) is 7.04. The zero-order valence-corrected chi connectivity index (χ0v) is 21.6. The summed E-state index contributed by atoms with van der Waals surface area (Å²) < 4.78 is 11.3. The summed E-state index contributed by atoms with van der Waals surface area (Å²) in [6.45, 7) is 7.93. The molecule has 0 bridgehead atoms. The molecule has 3 aliphatic rings. The highest BCUT2D eigenvalue weighted by Gasteiger charge is 2.42. The Hall–Kier alpha value is -1.52. The van der Waals surface area contributed by atoms with Crippen LogP contribution < -0.4 is 16.6 Å². The van der Waals surface area contributed by atoms with Gasteiger partial charge in [-0.05, 0) is 44.7 Å². The van der Waals surface area contributed by atoms with Crippen molar-refractivity contribution in [3.05, 3.63) is 47.7 Å². The number of hydrogen-bond acceptors (Lipinski definition) is 8. The molecule has 0 spiro atoms. The second kappa shape index (κ2) is 12.6. The number of aliphatic hydroxyl groups is 1. The number of nitrogens with one attached hydrogen (secondary N) is 2. The fraction of sp³-hybridized carbons (Fsp3) is 0.704. The molecular weight excluding hydrogens is 442 g/mol. The van der Waals surface area contributed by atoms with Crippen molar-refractivity contribution in [2.45, 2.75) is 76.0 Å². The Balaban J connectivity index is 1.42. The average molecular weight is 488 g/mol. The number of aliphatic hydroxyl groups excluding tert-OH is 1. The summed E-state index contributed by atoms with van der Waals surface area (Å²) in [5, 5.41) is 10.8. The van der Waals surface area contributed by atoms with E-state index in [-0.39, 0.29) is 24.2 Å². The molecule has 5 N–H and O–H groups in total. The van der Waals surface area contributed by atoms with E-state index < -0.39 is 6.23 Å². The Labute approximate surface area is 210 Å². The van der Waals surface area contributed by atoms with Crippen LogP contribution >= 0.6 is 0 Å². The van der Waals surface area contributed by atoms with Gasteiger partial charge in [-0.2, -0.15) is 0 Å². The summed E-state index contributed by atoms with van der Waals surface area (Å²) in [4.78, 5) is 4.55. The minimum Gasteiger partial charge on any atom is -0.496 e. The van der Waals surface area contributed by atoms with E-state index in [0.29, 0.717) is 25.1 Å². The molecule has 1 aromatic carbocycles. The first-order valence-corrected chi connectivity index (χ1v) is 13.3. The van der Waals surface area contributed by atoms with Gasteiger partial charge in [-0.3, -0.25) is 20.7 Å². The first kappa shape index (κ1) is 26.5. The molecule has 0 amide bonds. The lowest BCUT2D eigenvalue weighted by atomic mass is 9.80. The first-order chi connectivity index (χ1) is 16.9. The summed E-state index contributed by atoms with van der Waals surface area (Å²) in [6, 6.07) is 11.5. The fourth-order valence-electron chi connectivity index (χ4n) is 5.90. The van der Waals surface area contributed by atoms with Crippen LogP contribution in [0.3, 0.4) is 0 Å². The first-order valence-electron chi connectivity index (χ1n) is 13.3. The third-order valence-electron chi connectivity index (χ3n) is 7.75. The van der Waals surface area contributed by atoms with Crippen LogP contribution in [0.4, 0.5) is 0 Å². The van der Waals surface area contributed by atoms with Gasteiger partial charge in [0, 0.05) is 69.8 Å². The van der Waals surface area contributed by atoms with Gasteiger partial charge in [0.1, 0.15) is 6.23 Å². The molecule has 3 unspecified atom stereocenters. The van der Waals surface area contributed by atoms with Gasteiger partial charge in [0.25, 0.3) is 0 Å². The monoisotopic (exact) mass is 487 g/mol. The van der Waals surface area contributed by atoms with Gasteiger partial charge < -0.3 is 20.3 Å². The number of benzene rings is 1. The van der Waals surface area contributed by atoms with Crippen molar-refractivity contribution in [2.24, 2.45) is 11.7 Å². The van der Waals surface area contributed by atoms with Crippen molar-refractivity contribution in [2.75, 3.05) is 39.9 Å². The Morgan fingerprint density at radius 1 is 1.17 bits per heavy atom. The predicted molar refractivity (Wildman–Crippen MR) is 138 cm³/mol. The second-order valence-corrected chi connectivity index (χ2v) is 10.6. The van der Waals surface area contributed by atoms with E-state index in [0.717, 1.165) is 51.1 Å². The normalized spacial score (nSPS) is 29.6. The maximum absolute atomic E-state index is 10.8. The maximum Gasteiger partial charge on any atom is 0.120 e. The Morgan fingerprint density at radius 3 is 2.69 bits per heavy atom. The van der Waals surface area contributed by atoms with E-state index in [9.17, 15) is 5.11 Å². The van der Waals surface area contributed by atoms with Crippen LogP contribution in [0.5, 0.6) is 0 Å². The highest BCUT2D eigenvalue weighted by Crippen LogP contribution is 2.33. The number of ether oxygens (including phenoxy) is 2. The molecule has 2 fully saturated rings. The molecule has 1 aromatic rings. The van der Waals surface area contributed by atoms with Crippen molar-refractivity contribution in [1.29, 1.82) is 0 Å². The van der Waals surface area contributed by atoms with E-state index in [1.54, 1.807) is 7.11 Å². The van der Waals surface area contributed by atoms with E-state index in [1.165, 1.54) is 5.56 Å². The number of piperazine rings is 1. The molecule has 196 valence electrons. The minimum atomic E-state index is -0.483. The molecule has 2 aliphatic heterocycles. The van der Waals surface area contributed by atoms with Crippen LogP contribution in [0, 0.1) is 5.92 Å². The summed E-state index contributed by atoms with van der Waals surface area (Å²) in [6.07, 6.45) is 5.61. The number of β-amino-alcohol motifs (C(OH)–C–C–N with tert-alkyl or cyclic N) is 1. The molecule has 0 radical (unpaired) electrons. The second-order valence-electron chi connectivity index (χ2n) is 10.6. The molecule has 0 aromatic heterocycles. The Bertz CT molecular complexity index is 807. The quantitative estimate of drug-likeness (QED) is 0.373. The SMILES string of the molecule is COCCN1CCN(C(Cc2ccccc2)C[C@@H](N)C2NN[C@@H]3CC=C(OC(C)C)C[C@H]23)CC1O. The fourth-order valence-corrected chi connectivity index (χ4v) is 5.90. The number of nitrogens with two attached hydrogens (primary N) is 1. The number of nitrogens with zero attached hydrogens (tertiary/aromatic N) is 2. The van der Waals surface area contributed by atoms with Gasteiger partial charge in [0.05, 0.1) is 18.5 Å². The van der Waals surface area contributed by atoms with Crippen molar-refractivity contribution in [3.8, 4) is 0 Å². The van der Waals surface area contributed by atoms with Crippen LogP contribution in [0.2, 0.25) is 0 Å². The van der Waals surface area contributed by atoms with E-state index in [4.69, 9.17) is 15.2 Å². The van der Waals surface area contributed by atoms with Crippen LogP contribution in [-0.4, -0.2) is 91.3 Å². The summed E-state index contributed by atoms with van der Waals surface area (Å²) in [5.41, 5.74) is 15.3. The van der Waals surface area contributed by atoms with Crippen molar-refractivity contribution < 1.29 is 14.6 Å². The number of fused-ring (bicyclic) bond motifs is 1. The zero-order valence-electron chi connectivity index (χ0n) is 21.6. The Morgan fingerprint density at radius 2 is 1.97 bits per heavy atom. The topological polar surface area (TPSA) is 95.3 Å². The Kier molecular flexibility index (Phi) is 9.58. The minimum absolute atomic E-state index is 0.00623. The highest BCUT2D eigenvalue weighted by molar-refractivity contribution is 5.17. The largest absolute Gasteiger partial charge is 0.496 e. The number of methoxy groups -OCH3 is 1. The molecule has 4 rings (SSSR count). The lowest BCUT2D eigenvalue weighted by Crippen LogP contribution is -2.58. The molecule has 1 aliphatic carbocycles. The molecule has 8 heteroatoms. The summed E-state index contributed by atoms with van der Waals surface area (Å²) in [5.74, 6) is 1.51. The summed E-state index contributed by atoms with van der Waals surface area (Å²) in [7, 11) is 1.70. The van der Waals surface area contributed by atoms with Crippen molar-refractivity contribution in [3.63, 3.8) is 0 Å². The van der Waals surface area contributed by atoms with Crippen LogP contribution in [-0.2, 0) is 15.9 Å². The zero-order chi connectivity index (χ0) is 24.8. The molecule has 6 atom stereocenters. The van der Waals surface area contributed by atoms with Gasteiger partial charge >= 0.3 is 0 Å². The molecule has 2 saturated heterocycles. The lowest BCUT2D eigenvalue weighted by Gasteiger charge is -2.43. The van der Waals surface area contributed by atoms with Gasteiger partial charge in [0.15, 0.2) is 0 Å². The lowest BCUT2D eigenvalue weighted by molar-refractivity contribution is -0.0749. The van der Waals surface area contributed by atoms with Crippen LogP contribution in [0.25, 0.3) is 0 Å². The van der Waals surface area contributed by atoms with E-state index in [1.807, 2.05) is 0 Å². The van der Waals surface area contributed by atoms with Gasteiger partial charge in [-0.1, -0.05) is 30.3 Å². The van der Waals surface area contributed by atoms with Gasteiger partial charge in [0.2, 0.25) is 0 Å². The average Bonchev–Trinajstić information content (AvgIpc) is 3.26. The molecule has 0 saturated carbocycles. The molecule has 2 heterocycles.